The highest BCUT2D eigenvalue weighted by Crippen LogP contribution is 2.41. The number of fused-ring (bicyclic) bond motifs is 1. The molecule has 1 aliphatic rings. The second-order valence-electron chi connectivity index (χ2n) is 7.76. The van der Waals surface area contributed by atoms with Gasteiger partial charge in [0, 0.05) is 26.2 Å². The molecule has 0 radical (unpaired) electrons. The van der Waals surface area contributed by atoms with Gasteiger partial charge in [0.1, 0.15) is 11.4 Å². The van der Waals surface area contributed by atoms with Crippen molar-refractivity contribution in [3.8, 4) is 5.75 Å². The molecule has 2 amide bonds. The van der Waals surface area contributed by atoms with Gasteiger partial charge in [0.05, 0.1) is 6.04 Å². The first-order valence-corrected chi connectivity index (χ1v) is 9.14. The van der Waals surface area contributed by atoms with E-state index >= 15 is 0 Å². The number of carbonyl (C=O) groups is 2. The molecule has 1 aliphatic carbocycles. The standard InChI is InChI=1S/C20H30N2O4/c1-7-13-21(5)18(23)25-16-10-8-9-14-11-12-15(17(14)16)22(6)19(24)26-20(2,3)4/h8-10,15H,7,11-13H2,1-6H3. The van der Waals surface area contributed by atoms with Gasteiger partial charge in [-0.15, -0.1) is 0 Å². The molecule has 6 nitrogen and oxygen atoms in total. The van der Waals surface area contributed by atoms with E-state index in [-0.39, 0.29) is 18.2 Å². The summed E-state index contributed by atoms with van der Waals surface area (Å²) in [5, 5.41) is 0. The van der Waals surface area contributed by atoms with Crippen molar-refractivity contribution in [3.05, 3.63) is 29.3 Å². The molecule has 0 saturated carbocycles. The van der Waals surface area contributed by atoms with E-state index in [9.17, 15) is 9.59 Å². The lowest BCUT2D eigenvalue weighted by Gasteiger charge is -2.29. The normalized spacial score (nSPS) is 16.0. The summed E-state index contributed by atoms with van der Waals surface area (Å²) in [7, 11) is 3.45. The zero-order valence-corrected chi connectivity index (χ0v) is 16.7. The van der Waals surface area contributed by atoms with Gasteiger partial charge in [-0.2, -0.15) is 0 Å². The van der Waals surface area contributed by atoms with Gasteiger partial charge in [-0.25, -0.2) is 9.59 Å². The molecule has 0 fully saturated rings. The number of hydrogen-bond donors (Lipinski definition) is 0. The minimum Gasteiger partial charge on any atom is -0.444 e. The zero-order valence-electron chi connectivity index (χ0n) is 16.7. The summed E-state index contributed by atoms with van der Waals surface area (Å²) in [6, 6.07) is 5.53. The number of rotatable bonds is 4. The SMILES string of the molecule is CCCN(C)C(=O)Oc1cccc2c1C(N(C)C(=O)OC(C)(C)C)CC2. The molecule has 0 aliphatic heterocycles. The van der Waals surface area contributed by atoms with Crippen LogP contribution in [0.2, 0.25) is 0 Å². The minimum absolute atomic E-state index is 0.166. The van der Waals surface area contributed by atoms with E-state index in [0.29, 0.717) is 12.3 Å². The Balaban J connectivity index is 2.23. The third-order valence-corrected chi connectivity index (χ3v) is 4.39. The molecule has 2 rings (SSSR count). The highest BCUT2D eigenvalue weighted by molar-refractivity contribution is 5.72. The molecule has 0 spiro atoms. The zero-order chi connectivity index (χ0) is 19.5. The number of carbonyl (C=O) groups excluding carboxylic acids is 2. The number of aryl methyl sites for hydroxylation is 1. The topological polar surface area (TPSA) is 59.1 Å². The molecular weight excluding hydrogens is 332 g/mol. The fraction of sp³-hybridized carbons (Fsp3) is 0.600. The van der Waals surface area contributed by atoms with Gasteiger partial charge < -0.3 is 19.3 Å². The predicted molar refractivity (Wildman–Crippen MR) is 100 cm³/mol. The molecule has 1 atom stereocenters. The van der Waals surface area contributed by atoms with Crippen molar-refractivity contribution in [2.45, 2.75) is 58.6 Å². The van der Waals surface area contributed by atoms with Gasteiger partial charge in [0.2, 0.25) is 0 Å². The van der Waals surface area contributed by atoms with Crippen LogP contribution in [0.15, 0.2) is 18.2 Å². The second-order valence-corrected chi connectivity index (χ2v) is 7.76. The third kappa shape index (κ3) is 4.68. The van der Waals surface area contributed by atoms with Crippen LogP contribution in [0.5, 0.6) is 5.75 Å². The molecule has 1 aromatic rings. The van der Waals surface area contributed by atoms with E-state index in [1.54, 1.807) is 30.0 Å². The van der Waals surface area contributed by atoms with Crippen LogP contribution < -0.4 is 4.74 Å². The summed E-state index contributed by atoms with van der Waals surface area (Å²) >= 11 is 0. The van der Waals surface area contributed by atoms with E-state index in [1.807, 2.05) is 39.8 Å². The molecule has 1 unspecified atom stereocenters. The van der Waals surface area contributed by atoms with Crippen molar-refractivity contribution < 1.29 is 19.1 Å². The highest BCUT2D eigenvalue weighted by atomic mass is 16.6. The lowest BCUT2D eigenvalue weighted by atomic mass is 10.1. The maximum Gasteiger partial charge on any atom is 0.414 e. The fourth-order valence-corrected chi connectivity index (χ4v) is 3.16. The molecule has 0 aromatic heterocycles. The van der Waals surface area contributed by atoms with Crippen LogP contribution in [0.25, 0.3) is 0 Å². The monoisotopic (exact) mass is 362 g/mol. The number of nitrogens with zero attached hydrogens (tertiary/aromatic N) is 2. The van der Waals surface area contributed by atoms with Crippen LogP contribution in [-0.4, -0.2) is 48.2 Å². The van der Waals surface area contributed by atoms with Crippen LogP contribution in [0, 0.1) is 0 Å². The van der Waals surface area contributed by atoms with Crippen molar-refractivity contribution in [2.24, 2.45) is 0 Å². The smallest absolute Gasteiger partial charge is 0.414 e. The Kier molecular flexibility index (Phi) is 6.16. The number of amides is 2. The number of ether oxygens (including phenoxy) is 2. The summed E-state index contributed by atoms with van der Waals surface area (Å²) in [5.41, 5.74) is 1.45. The summed E-state index contributed by atoms with van der Waals surface area (Å²) in [6.45, 7) is 8.18. The first kappa shape index (κ1) is 20.1. The summed E-state index contributed by atoms with van der Waals surface area (Å²) in [6.07, 6.45) is 1.72. The number of benzene rings is 1. The summed E-state index contributed by atoms with van der Waals surface area (Å²) in [4.78, 5) is 27.9. The Hall–Kier alpha value is -2.24. The third-order valence-electron chi connectivity index (χ3n) is 4.39. The summed E-state index contributed by atoms with van der Waals surface area (Å²) < 4.78 is 11.1. The Labute approximate surface area is 156 Å². The lowest BCUT2D eigenvalue weighted by molar-refractivity contribution is 0.0219. The first-order chi connectivity index (χ1) is 12.1. The molecule has 0 heterocycles. The van der Waals surface area contributed by atoms with E-state index in [4.69, 9.17) is 9.47 Å². The molecular formula is C20H30N2O4. The minimum atomic E-state index is -0.554. The molecule has 0 bridgehead atoms. The van der Waals surface area contributed by atoms with E-state index in [0.717, 1.165) is 30.4 Å². The summed E-state index contributed by atoms with van der Waals surface area (Å²) in [5.74, 6) is 0.522. The van der Waals surface area contributed by atoms with Gasteiger partial charge in [-0.3, -0.25) is 0 Å². The largest absolute Gasteiger partial charge is 0.444 e. The lowest BCUT2D eigenvalue weighted by Crippen LogP contribution is -2.36. The molecule has 144 valence electrons. The van der Waals surface area contributed by atoms with E-state index in [1.165, 1.54) is 0 Å². The van der Waals surface area contributed by atoms with Crippen molar-refractivity contribution in [1.29, 1.82) is 0 Å². The van der Waals surface area contributed by atoms with Gasteiger partial charge in [-0.05, 0) is 51.7 Å². The molecule has 6 heteroatoms. The van der Waals surface area contributed by atoms with Crippen LogP contribution in [0.1, 0.15) is 57.7 Å². The van der Waals surface area contributed by atoms with Crippen LogP contribution in [-0.2, 0) is 11.2 Å². The van der Waals surface area contributed by atoms with Crippen LogP contribution in [0.3, 0.4) is 0 Å². The van der Waals surface area contributed by atoms with Gasteiger partial charge in [0.15, 0.2) is 0 Å². The molecule has 0 N–H and O–H groups in total. The van der Waals surface area contributed by atoms with Crippen molar-refractivity contribution in [1.82, 2.24) is 9.80 Å². The highest BCUT2D eigenvalue weighted by Gasteiger charge is 2.34. The Morgan fingerprint density at radius 1 is 1.19 bits per heavy atom. The molecule has 1 aromatic carbocycles. The average molecular weight is 362 g/mol. The van der Waals surface area contributed by atoms with Gasteiger partial charge in [0.25, 0.3) is 0 Å². The Bertz CT molecular complexity index is 666. The second kappa shape index (κ2) is 7.98. The average Bonchev–Trinajstić information content (AvgIpc) is 2.97. The maximum atomic E-state index is 12.5. The molecule has 0 saturated heterocycles. The fourth-order valence-electron chi connectivity index (χ4n) is 3.16. The van der Waals surface area contributed by atoms with Gasteiger partial charge in [-0.1, -0.05) is 19.1 Å². The van der Waals surface area contributed by atoms with E-state index < -0.39 is 5.60 Å². The van der Waals surface area contributed by atoms with Crippen molar-refractivity contribution in [3.63, 3.8) is 0 Å². The van der Waals surface area contributed by atoms with Crippen LogP contribution >= 0.6 is 0 Å². The maximum absolute atomic E-state index is 12.5. The van der Waals surface area contributed by atoms with Crippen molar-refractivity contribution >= 4 is 12.2 Å². The molecule has 26 heavy (non-hydrogen) atoms. The predicted octanol–water partition coefficient (Wildman–Crippen LogP) is 4.38. The van der Waals surface area contributed by atoms with E-state index in [2.05, 4.69) is 0 Å². The van der Waals surface area contributed by atoms with Crippen molar-refractivity contribution in [2.75, 3.05) is 20.6 Å². The van der Waals surface area contributed by atoms with Crippen LogP contribution in [0.4, 0.5) is 9.59 Å². The first-order valence-electron chi connectivity index (χ1n) is 9.14. The number of hydrogen-bond acceptors (Lipinski definition) is 4. The quantitative estimate of drug-likeness (QED) is 0.797. The van der Waals surface area contributed by atoms with Gasteiger partial charge >= 0.3 is 12.2 Å². The Morgan fingerprint density at radius 2 is 1.88 bits per heavy atom. The Morgan fingerprint density at radius 3 is 2.50 bits per heavy atom.